The molecule has 0 aliphatic heterocycles. The Labute approximate surface area is 131 Å². The predicted molar refractivity (Wildman–Crippen MR) is 93.0 cm³/mol. The van der Waals surface area contributed by atoms with Gasteiger partial charge in [0.2, 0.25) is 0 Å². The highest BCUT2D eigenvalue weighted by Gasteiger charge is 2.29. The quantitative estimate of drug-likeness (QED) is 0.794. The second-order valence-corrected chi connectivity index (χ2v) is 7.32. The summed E-state index contributed by atoms with van der Waals surface area (Å²) in [6, 6.07) is 0.524. The van der Waals surface area contributed by atoms with Crippen LogP contribution in [-0.4, -0.2) is 7.05 Å². The summed E-state index contributed by atoms with van der Waals surface area (Å²) < 4.78 is 0. The Kier molecular flexibility index (Phi) is 5.14. The second-order valence-electron chi connectivity index (χ2n) is 7.32. The van der Waals surface area contributed by atoms with Gasteiger partial charge in [-0.05, 0) is 99.7 Å². The predicted octanol–water partition coefficient (Wildman–Crippen LogP) is 5.32. The number of hydrogen-bond acceptors (Lipinski definition) is 1. The third-order valence-electron chi connectivity index (χ3n) is 6.21. The molecule has 2 rings (SSSR count). The van der Waals surface area contributed by atoms with Gasteiger partial charge in [-0.25, -0.2) is 0 Å². The van der Waals surface area contributed by atoms with Crippen molar-refractivity contribution < 1.29 is 0 Å². The summed E-state index contributed by atoms with van der Waals surface area (Å²) in [7, 11) is 2.14. The van der Waals surface area contributed by atoms with Gasteiger partial charge in [0.25, 0.3) is 0 Å². The van der Waals surface area contributed by atoms with E-state index in [2.05, 4.69) is 53.9 Å². The molecule has 0 bridgehead atoms. The highest BCUT2D eigenvalue weighted by atomic mass is 14.9. The topological polar surface area (TPSA) is 12.0 Å². The van der Waals surface area contributed by atoms with Crippen molar-refractivity contribution in [2.24, 2.45) is 11.8 Å². The first-order chi connectivity index (χ1) is 9.88. The Balaban J connectivity index is 2.43. The van der Waals surface area contributed by atoms with Gasteiger partial charge >= 0.3 is 0 Å². The molecule has 0 spiro atoms. The molecule has 1 aliphatic carbocycles. The average Bonchev–Trinajstić information content (AvgIpc) is 2.49. The van der Waals surface area contributed by atoms with Crippen molar-refractivity contribution in [2.45, 2.75) is 73.3 Å². The van der Waals surface area contributed by atoms with Crippen molar-refractivity contribution in [1.82, 2.24) is 5.32 Å². The highest BCUT2D eigenvalue weighted by Crippen LogP contribution is 2.40. The van der Waals surface area contributed by atoms with Crippen molar-refractivity contribution in [1.29, 1.82) is 0 Å². The Hall–Kier alpha value is -0.820. The summed E-state index contributed by atoms with van der Waals surface area (Å²) in [5.74, 6) is 1.72. The Bertz CT molecular complexity index is 478. The maximum atomic E-state index is 3.66. The molecule has 1 saturated carbocycles. The second kappa shape index (κ2) is 6.52. The zero-order valence-electron chi connectivity index (χ0n) is 15.1. The van der Waals surface area contributed by atoms with E-state index in [1.54, 1.807) is 5.56 Å². The maximum Gasteiger partial charge on any atom is 0.0351 e. The first kappa shape index (κ1) is 16.5. The first-order valence-electron chi connectivity index (χ1n) is 8.62. The molecule has 1 aromatic rings. The molecule has 0 radical (unpaired) electrons. The van der Waals surface area contributed by atoms with Crippen molar-refractivity contribution in [3.8, 4) is 0 Å². The van der Waals surface area contributed by atoms with Crippen LogP contribution in [0.2, 0.25) is 0 Å². The van der Waals surface area contributed by atoms with E-state index in [1.807, 2.05) is 0 Å². The molecule has 118 valence electrons. The molecule has 1 nitrogen and oxygen atoms in total. The molecule has 1 atom stereocenters. The monoisotopic (exact) mass is 287 g/mol. The highest BCUT2D eigenvalue weighted by molar-refractivity contribution is 5.50. The van der Waals surface area contributed by atoms with Crippen LogP contribution in [0, 0.1) is 46.5 Å². The van der Waals surface area contributed by atoms with Gasteiger partial charge in [0.05, 0.1) is 0 Å². The van der Waals surface area contributed by atoms with Crippen LogP contribution in [0.25, 0.3) is 0 Å². The molecular weight excluding hydrogens is 254 g/mol. The molecule has 0 saturated heterocycles. The summed E-state index contributed by atoms with van der Waals surface area (Å²) in [6.45, 7) is 13.9. The number of nitrogens with one attached hydrogen (secondary N) is 1. The van der Waals surface area contributed by atoms with Gasteiger partial charge in [-0.3, -0.25) is 0 Å². The summed E-state index contributed by atoms with van der Waals surface area (Å²) in [4.78, 5) is 0. The first-order valence-corrected chi connectivity index (χ1v) is 8.62. The molecule has 21 heavy (non-hydrogen) atoms. The van der Waals surface area contributed by atoms with Crippen LogP contribution >= 0.6 is 0 Å². The third kappa shape index (κ3) is 3.04. The summed E-state index contributed by atoms with van der Waals surface area (Å²) >= 11 is 0. The Morgan fingerprint density at radius 2 is 1.19 bits per heavy atom. The lowest BCUT2D eigenvalue weighted by molar-refractivity contribution is 0.237. The minimum absolute atomic E-state index is 0.524. The van der Waals surface area contributed by atoms with Crippen LogP contribution in [0.15, 0.2) is 0 Å². The number of benzene rings is 1. The van der Waals surface area contributed by atoms with Crippen molar-refractivity contribution >= 4 is 0 Å². The minimum atomic E-state index is 0.524. The van der Waals surface area contributed by atoms with Gasteiger partial charge in [-0.15, -0.1) is 0 Å². The molecule has 1 heteroatoms. The molecule has 1 N–H and O–H groups in total. The molecule has 1 fully saturated rings. The van der Waals surface area contributed by atoms with E-state index in [-0.39, 0.29) is 0 Å². The maximum absolute atomic E-state index is 3.66. The molecular formula is C20H33N. The van der Waals surface area contributed by atoms with E-state index < -0.39 is 0 Å². The Morgan fingerprint density at radius 1 is 0.762 bits per heavy atom. The van der Waals surface area contributed by atoms with Gasteiger partial charge in [0, 0.05) is 6.04 Å². The van der Waals surface area contributed by atoms with Crippen LogP contribution in [0.1, 0.15) is 72.0 Å². The third-order valence-corrected chi connectivity index (χ3v) is 6.21. The molecule has 0 amide bonds. The lowest BCUT2D eigenvalue weighted by atomic mass is 9.74. The zero-order chi connectivity index (χ0) is 15.7. The van der Waals surface area contributed by atoms with Crippen molar-refractivity contribution in [2.75, 3.05) is 7.05 Å². The molecule has 0 heterocycles. The average molecular weight is 287 g/mol. The van der Waals surface area contributed by atoms with E-state index in [9.17, 15) is 0 Å². The smallest absolute Gasteiger partial charge is 0.0351 e. The summed E-state index contributed by atoms with van der Waals surface area (Å²) in [5.41, 5.74) is 9.04. The number of hydrogen-bond donors (Lipinski definition) is 1. The fourth-order valence-electron chi connectivity index (χ4n) is 4.23. The Morgan fingerprint density at radius 3 is 1.62 bits per heavy atom. The van der Waals surface area contributed by atoms with Crippen LogP contribution in [-0.2, 0) is 0 Å². The van der Waals surface area contributed by atoms with E-state index >= 15 is 0 Å². The SMILES string of the molecule is CNC(c1c(C)c(C)c(C)c(C)c1C)C1CCC(C)CC1. The lowest BCUT2D eigenvalue weighted by Gasteiger charge is -2.35. The normalized spacial score (nSPS) is 24.1. The zero-order valence-corrected chi connectivity index (χ0v) is 15.1. The minimum Gasteiger partial charge on any atom is -0.313 e. The van der Waals surface area contributed by atoms with Crippen LogP contribution in [0.5, 0.6) is 0 Å². The summed E-state index contributed by atoms with van der Waals surface area (Å²) in [5, 5.41) is 3.66. The van der Waals surface area contributed by atoms with Crippen molar-refractivity contribution in [3.63, 3.8) is 0 Å². The standard InChI is InChI=1S/C20H33N/c1-12-8-10-18(11-9-12)20(21-7)19-16(5)14(3)13(2)15(4)17(19)6/h12,18,20-21H,8-11H2,1-7H3. The van der Waals surface area contributed by atoms with E-state index in [4.69, 9.17) is 0 Å². The van der Waals surface area contributed by atoms with Gasteiger partial charge in [0.15, 0.2) is 0 Å². The van der Waals surface area contributed by atoms with Crippen molar-refractivity contribution in [3.05, 3.63) is 33.4 Å². The van der Waals surface area contributed by atoms with Gasteiger partial charge in [-0.2, -0.15) is 0 Å². The lowest BCUT2D eigenvalue weighted by Crippen LogP contribution is -2.30. The van der Waals surface area contributed by atoms with E-state index in [0.717, 1.165) is 11.8 Å². The fraction of sp³-hybridized carbons (Fsp3) is 0.700. The van der Waals surface area contributed by atoms with Crippen LogP contribution in [0.3, 0.4) is 0 Å². The summed E-state index contributed by atoms with van der Waals surface area (Å²) in [6.07, 6.45) is 5.53. The molecule has 0 aromatic heterocycles. The van der Waals surface area contributed by atoms with Crippen LogP contribution in [0.4, 0.5) is 0 Å². The van der Waals surface area contributed by atoms with Crippen LogP contribution < -0.4 is 5.32 Å². The largest absolute Gasteiger partial charge is 0.313 e. The molecule has 1 aliphatic rings. The van der Waals surface area contributed by atoms with Gasteiger partial charge in [0.1, 0.15) is 0 Å². The van der Waals surface area contributed by atoms with E-state index in [0.29, 0.717) is 6.04 Å². The fourth-order valence-corrected chi connectivity index (χ4v) is 4.23. The van der Waals surface area contributed by atoms with Gasteiger partial charge < -0.3 is 5.32 Å². The molecule has 1 aromatic carbocycles. The molecule has 1 unspecified atom stereocenters. The number of rotatable bonds is 3. The van der Waals surface area contributed by atoms with E-state index in [1.165, 1.54) is 53.5 Å². The van der Waals surface area contributed by atoms with Gasteiger partial charge in [-0.1, -0.05) is 19.8 Å².